The molecule has 6 nitrogen and oxygen atoms in total. The minimum Gasteiger partial charge on any atom is -0.463 e. The van der Waals surface area contributed by atoms with Crippen molar-refractivity contribution in [3.05, 3.63) is 12.2 Å². The Morgan fingerprint density at radius 2 is 1.32 bits per heavy atom. The SMILES string of the molecule is CCCCCC1OC1C/C=C\CCCCCCCC(=O)OC[C@H](O)COC(=O)CCCCCCCCC(C)CC. The maximum absolute atomic E-state index is 11.9. The van der Waals surface area contributed by atoms with Gasteiger partial charge in [-0.2, -0.15) is 0 Å². The highest BCUT2D eigenvalue weighted by atomic mass is 16.6. The van der Waals surface area contributed by atoms with Crippen LogP contribution in [0, 0.1) is 5.92 Å². The van der Waals surface area contributed by atoms with Gasteiger partial charge in [0.25, 0.3) is 0 Å². The number of aliphatic hydroxyl groups excluding tert-OH is 1. The number of allylic oxidation sites excluding steroid dienone is 1. The van der Waals surface area contributed by atoms with Crippen LogP contribution in [0.3, 0.4) is 0 Å². The molecule has 1 heterocycles. The molecule has 0 aromatic rings. The summed E-state index contributed by atoms with van der Waals surface area (Å²) in [6, 6.07) is 0. The van der Waals surface area contributed by atoms with E-state index in [-0.39, 0.29) is 25.2 Å². The lowest BCUT2D eigenvalue weighted by Crippen LogP contribution is -2.25. The third kappa shape index (κ3) is 22.3. The number of epoxide rings is 1. The molecule has 1 aliphatic heterocycles. The first-order valence-electron chi connectivity index (χ1n) is 16.8. The van der Waals surface area contributed by atoms with Gasteiger partial charge in [-0.3, -0.25) is 9.59 Å². The molecule has 0 spiro atoms. The molecule has 6 heteroatoms. The number of aliphatic hydroxyl groups is 1. The molecule has 0 radical (unpaired) electrons. The molecule has 0 saturated carbocycles. The van der Waals surface area contributed by atoms with Crippen LogP contribution >= 0.6 is 0 Å². The number of esters is 2. The van der Waals surface area contributed by atoms with Gasteiger partial charge in [0.2, 0.25) is 0 Å². The van der Waals surface area contributed by atoms with Gasteiger partial charge in [-0.15, -0.1) is 0 Å². The van der Waals surface area contributed by atoms with Crippen molar-refractivity contribution >= 4 is 11.9 Å². The zero-order valence-corrected chi connectivity index (χ0v) is 26.2. The van der Waals surface area contributed by atoms with E-state index in [0.29, 0.717) is 25.0 Å². The third-order valence-corrected chi connectivity index (χ3v) is 7.96. The van der Waals surface area contributed by atoms with Crippen LogP contribution in [-0.2, 0) is 23.8 Å². The fourth-order valence-corrected chi connectivity index (χ4v) is 4.89. The summed E-state index contributed by atoms with van der Waals surface area (Å²) >= 11 is 0. The second-order valence-electron chi connectivity index (χ2n) is 11.9. The minimum absolute atomic E-state index is 0.122. The average Bonchev–Trinajstić information content (AvgIpc) is 3.70. The van der Waals surface area contributed by atoms with Crippen molar-refractivity contribution in [3.8, 4) is 0 Å². The van der Waals surface area contributed by atoms with Crippen molar-refractivity contribution in [1.29, 1.82) is 0 Å². The van der Waals surface area contributed by atoms with Crippen LogP contribution in [0.4, 0.5) is 0 Å². The summed E-state index contributed by atoms with van der Waals surface area (Å²) in [5, 5.41) is 9.95. The predicted molar refractivity (Wildman–Crippen MR) is 163 cm³/mol. The van der Waals surface area contributed by atoms with Gasteiger partial charge in [-0.25, -0.2) is 0 Å². The molecule has 1 rings (SSSR count). The van der Waals surface area contributed by atoms with Gasteiger partial charge in [0.05, 0.1) is 12.2 Å². The molecule has 234 valence electrons. The monoisotopic (exact) mass is 566 g/mol. The van der Waals surface area contributed by atoms with E-state index in [2.05, 4.69) is 32.9 Å². The smallest absolute Gasteiger partial charge is 0.305 e. The first-order chi connectivity index (χ1) is 19.5. The summed E-state index contributed by atoms with van der Waals surface area (Å²) < 4.78 is 16.0. The van der Waals surface area contributed by atoms with Crippen molar-refractivity contribution in [2.45, 2.75) is 174 Å². The molecule has 0 aliphatic carbocycles. The molecule has 0 amide bonds. The molecule has 1 aliphatic rings. The summed E-state index contributed by atoms with van der Waals surface area (Å²) in [6.07, 6.45) is 27.2. The van der Waals surface area contributed by atoms with Crippen molar-refractivity contribution in [3.63, 3.8) is 0 Å². The van der Waals surface area contributed by atoms with Gasteiger partial charge in [-0.1, -0.05) is 116 Å². The summed E-state index contributed by atoms with van der Waals surface area (Å²) in [5.41, 5.74) is 0. The summed E-state index contributed by atoms with van der Waals surface area (Å²) in [5.74, 6) is 0.238. The van der Waals surface area contributed by atoms with E-state index in [1.165, 1.54) is 70.6 Å². The van der Waals surface area contributed by atoms with Crippen molar-refractivity contribution < 1.29 is 28.9 Å². The van der Waals surface area contributed by atoms with E-state index in [0.717, 1.165) is 57.3 Å². The van der Waals surface area contributed by atoms with E-state index in [9.17, 15) is 14.7 Å². The quantitative estimate of drug-likeness (QED) is 0.0441. The van der Waals surface area contributed by atoms with Crippen molar-refractivity contribution in [2.75, 3.05) is 13.2 Å². The van der Waals surface area contributed by atoms with E-state index in [1.807, 2.05) is 0 Å². The molecular formula is C34H62O6. The van der Waals surface area contributed by atoms with Gasteiger partial charge in [0.15, 0.2) is 0 Å². The van der Waals surface area contributed by atoms with Gasteiger partial charge in [0, 0.05) is 12.8 Å². The Morgan fingerprint density at radius 3 is 1.93 bits per heavy atom. The molecule has 0 aromatic carbocycles. The number of hydrogen-bond acceptors (Lipinski definition) is 6. The summed E-state index contributed by atoms with van der Waals surface area (Å²) in [4.78, 5) is 23.8. The van der Waals surface area contributed by atoms with Crippen molar-refractivity contribution in [2.24, 2.45) is 5.92 Å². The van der Waals surface area contributed by atoms with E-state index in [4.69, 9.17) is 14.2 Å². The maximum Gasteiger partial charge on any atom is 0.305 e. The Bertz CT molecular complexity index is 648. The third-order valence-electron chi connectivity index (χ3n) is 7.96. The molecule has 0 bridgehead atoms. The second kappa shape index (κ2) is 25.3. The predicted octanol–water partition coefficient (Wildman–Crippen LogP) is 8.63. The Hall–Kier alpha value is -1.40. The number of ether oxygens (including phenoxy) is 3. The molecule has 1 saturated heterocycles. The summed E-state index contributed by atoms with van der Waals surface area (Å²) in [6.45, 7) is 6.54. The highest BCUT2D eigenvalue weighted by Gasteiger charge is 2.36. The van der Waals surface area contributed by atoms with Crippen LogP contribution in [0.5, 0.6) is 0 Å². The zero-order chi connectivity index (χ0) is 29.3. The van der Waals surface area contributed by atoms with Crippen LogP contribution in [0.15, 0.2) is 12.2 Å². The van der Waals surface area contributed by atoms with Crippen molar-refractivity contribution in [1.82, 2.24) is 0 Å². The van der Waals surface area contributed by atoms with Gasteiger partial charge < -0.3 is 19.3 Å². The summed E-state index contributed by atoms with van der Waals surface area (Å²) in [7, 11) is 0. The highest BCUT2D eigenvalue weighted by Crippen LogP contribution is 2.30. The fraction of sp³-hybridized carbons (Fsp3) is 0.882. The first kappa shape index (κ1) is 36.6. The molecule has 3 unspecified atom stereocenters. The Labute approximate surface area is 246 Å². The number of hydrogen-bond donors (Lipinski definition) is 1. The molecule has 40 heavy (non-hydrogen) atoms. The highest BCUT2D eigenvalue weighted by molar-refractivity contribution is 5.69. The van der Waals surface area contributed by atoms with Crippen LogP contribution in [-0.4, -0.2) is 48.6 Å². The first-order valence-corrected chi connectivity index (χ1v) is 16.8. The molecule has 1 fully saturated rings. The van der Waals surface area contributed by atoms with Gasteiger partial charge in [0.1, 0.15) is 19.3 Å². The topological polar surface area (TPSA) is 85.4 Å². The lowest BCUT2D eigenvalue weighted by atomic mass is 10.00. The van der Waals surface area contributed by atoms with E-state index < -0.39 is 6.10 Å². The van der Waals surface area contributed by atoms with E-state index in [1.54, 1.807) is 0 Å². The zero-order valence-electron chi connectivity index (χ0n) is 26.2. The van der Waals surface area contributed by atoms with Crippen LogP contribution in [0.25, 0.3) is 0 Å². The molecule has 1 N–H and O–H groups in total. The lowest BCUT2D eigenvalue weighted by molar-refractivity contribution is -0.152. The normalized spacial score (nSPS) is 18.1. The second-order valence-corrected chi connectivity index (χ2v) is 11.9. The van der Waals surface area contributed by atoms with E-state index >= 15 is 0 Å². The Balaban J connectivity index is 1.85. The molecular weight excluding hydrogens is 504 g/mol. The lowest BCUT2D eigenvalue weighted by Gasteiger charge is -2.12. The standard InChI is InChI=1S/C34H62O6/c1-4-6-17-23-31-32(40-31)24-19-14-9-7-8-10-15-20-25-33(36)38-27-30(35)28-39-34(37)26-21-16-12-11-13-18-22-29(3)5-2/h14,19,29-32,35H,4-13,15-18,20-28H2,1-3H3/b19-14-/t29?,30-,31?,32?/m0/s1. The van der Waals surface area contributed by atoms with Gasteiger partial charge >= 0.3 is 11.9 Å². The maximum atomic E-state index is 11.9. The number of unbranched alkanes of at least 4 members (excludes halogenated alkanes) is 12. The number of carbonyl (C=O) groups excluding carboxylic acids is 2. The Kier molecular flexibility index (Phi) is 23.2. The number of carbonyl (C=O) groups is 2. The van der Waals surface area contributed by atoms with Crippen LogP contribution in [0.2, 0.25) is 0 Å². The average molecular weight is 567 g/mol. The minimum atomic E-state index is -0.968. The fourth-order valence-electron chi connectivity index (χ4n) is 4.89. The van der Waals surface area contributed by atoms with Crippen LogP contribution in [0.1, 0.15) is 156 Å². The Morgan fingerprint density at radius 1 is 0.750 bits per heavy atom. The molecule has 4 atom stereocenters. The number of rotatable bonds is 28. The molecule has 0 aromatic heterocycles. The van der Waals surface area contributed by atoms with Gasteiger partial charge in [-0.05, 0) is 44.4 Å². The largest absolute Gasteiger partial charge is 0.463 e. The van der Waals surface area contributed by atoms with Crippen LogP contribution < -0.4 is 0 Å².